The summed E-state index contributed by atoms with van der Waals surface area (Å²) in [6.07, 6.45) is 0. The van der Waals surface area contributed by atoms with E-state index in [1.54, 1.807) is 0 Å². The molecule has 0 aromatic heterocycles. The molecule has 0 aromatic rings. The van der Waals surface area contributed by atoms with Crippen LogP contribution in [0.4, 0.5) is 4.79 Å². The van der Waals surface area contributed by atoms with Crippen LogP contribution in [0.5, 0.6) is 0 Å². The summed E-state index contributed by atoms with van der Waals surface area (Å²) in [5.41, 5.74) is 0. The summed E-state index contributed by atoms with van der Waals surface area (Å²) in [4.78, 5) is 19.5. The van der Waals surface area contributed by atoms with Gasteiger partial charge in [-0.15, -0.1) is 0 Å². The molecule has 0 rings (SSSR count). The third kappa shape index (κ3) is 7.64. The van der Waals surface area contributed by atoms with Gasteiger partial charge < -0.3 is 10.2 Å². The Morgan fingerprint density at radius 2 is 1.89 bits per heavy atom. The molecule has 0 saturated carbocycles. The second kappa shape index (κ2) is 4.51. The Morgan fingerprint density at radius 1 is 1.33 bits per heavy atom. The molecule has 0 aliphatic carbocycles. The maximum absolute atomic E-state index is 9.75. The van der Waals surface area contributed by atoms with E-state index >= 15 is 0 Å². The maximum Gasteiger partial charge on any atom is 0.375 e. The van der Waals surface area contributed by atoms with Crippen LogP contribution in [0.25, 0.3) is 0 Å². The number of hydrogen-bond donors (Lipinski definition) is 2. The van der Waals surface area contributed by atoms with Crippen LogP contribution in [0.2, 0.25) is 0 Å². The fourth-order valence-electron chi connectivity index (χ4n) is 0.130. The zero-order chi connectivity index (χ0) is 7.28. The fourth-order valence-corrected chi connectivity index (χ4v) is 1.17. The number of carboxylic acids is 1. The molecule has 0 spiro atoms. The SMILES string of the molecule is O=C(O)CSSC(=O)O. The molecule has 2 N–H and O–H groups in total. The Labute approximate surface area is 59.0 Å². The number of aliphatic carboxylic acids is 1. The molecule has 52 valence electrons. The van der Waals surface area contributed by atoms with E-state index in [-0.39, 0.29) is 5.75 Å². The monoisotopic (exact) mass is 168 g/mol. The van der Waals surface area contributed by atoms with Crippen molar-refractivity contribution in [2.45, 2.75) is 0 Å². The number of rotatable bonds is 3. The molecule has 0 aliphatic heterocycles. The van der Waals surface area contributed by atoms with Crippen molar-refractivity contribution >= 4 is 32.9 Å². The lowest BCUT2D eigenvalue weighted by Gasteiger charge is -1.88. The second-order valence-corrected chi connectivity index (χ2v) is 3.25. The number of carboxylic acid groups (broad SMARTS) is 2. The largest absolute Gasteiger partial charge is 0.481 e. The highest BCUT2D eigenvalue weighted by Gasteiger charge is 2.01. The summed E-state index contributed by atoms with van der Waals surface area (Å²) in [5, 5.41) is 14.9. The molecule has 6 heteroatoms. The Balaban J connectivity index is 3.10. The maximum atomic E-state index is 9.75. The van der Waals surface area contributed by atoms with Gasteiger partial charge in [0.1, 0.15) is 5.75 Å². The van der Waals surface area contributed by atoms with Crippen molar-refractivity contribution in [3.8, 4) is 0 Å². The second-order valence-electron chi connectivity index (χ2n) is 1.01. The van der Waals surface area contributed by atoms with Crippen molar-refractivity contribution in [1.82, 2.24) is 0 Å². The van der Waals surface area contributed by atoms with Crippen molar-refractivity contribution in [1.29, 1.82) is 0 Å². The predicted molar refractivity (Wildman–Crippen MR) is 35.7 cm³/mol. The molecule has 0 unspecified atom stereocenters. The van der Waals surface area contributed by atoms with E-state index in [9.17, 15) is 9.59 Å². The molecule has 0 heterocycles. The van der Waals surface area contributed by atoms with E-state index in [1.165, 1.54) is 0 Å². The average Bonchev–Trinajstić information content (AvgIpc) is 1.63. The first kappa shape index (κ1) is 8.64. The summed E-state index contributed by atoms with van der Waals surface area (Å²) in [6, 6.07) is 0. The Hall–Kier alpha value is -0.360. The van der Waals surface area contributed by atoms with Crippen LogP contribution in [-0.4, -0.2) is 27.2 Å². The van der Waals surface area contributed by atoms with Crippen molar-refractivity contribution in [3.05, 3.63) is 0 Å². The zero-order valence-electron chi connectivity index (χ0n) is 4.23. The van der Waals surface area contributed by atoms with Crippen molar-refractivity contribution in [2.75, 3.05) is 5.75 Å². The van der Waals surface area contributed by atoms with Crippen LogP contribution in [0.15, 0.2) is 0 Å². The first-order valence-corrected chi connectivity index (χ1v) is 4.19. The molecule has 0 fully saturated rings. The van der Waals surface area contributed by atoms with Crippen LogP contribution in [0.3, 0.4) is 0 Å². The highest BCUT2D eigenvalue weighted by molar-refractivity contribution is 8.82. The smallest absolute Gasteiger partial charge is 0.375 e. The highest BCUT2D eigenvalue weighted by Crippen LogP contribution is 2.20. The van der Waals surface area contributed by atoms with E-state index in [2.05, 4.69) is 0 Å². The normalized spacial score (nSPS) is 8.89. The lowest BCUT2D eigenvalue weighted by atomic mass is 10.8. The first-order chi connectivity index (χ1) is 4.13. The van der Waals surface area contributed by atoms with Crippen LogP contribution in [-0.2, 0) is 4.79 Å². The molecule has 0 atom stereocenters. The molecule has 4 nitrogen and oxygen atoms in total. The molecule has 0 bridgehead atoms. The average molecular weight is 168 g/mol. The standard InChI is InChI=1S/C3H4O4S2/c4-2(5)1-8-9-3(6)7/h1H2,(H,4,5)(H,6,7). The number of hydrogen-bond acceptors (Lipinski definition) is 4. The first-order valence-electron chi connectivity index (χ1n) is 1.87. The summed E-state index contributed by atoms with van der Waals surface area (Å²) in [6.45, 7) is 0. The van der Waals surface area contributed by atoms with Gasteiger partial charge in [0.05, 0.1) is 0 Å². The third-order valence-electron chi connectivity index (χ3n) is 0.313. The summed E-state index contributed by atoms with van der Waals surface area (Å²) >= 11 is 0. The van der Waals surface area contributed by atoms with Crippen molar-refractivity contribution < 1.29 is 19.8 Å². The Kier molecular flexibility index (Phi) is 4.33. The molecular weight excluding hydrogens is 164 g/mol. The van der Waals surface area contributed by atoms with Gasteiger partial charge in [-0.2, -0.15) is 0 Å². The van der Waals surface area contributed by atoms with Crippen molar-refractivity contribution in [2.24, 2.45) is 0 Å². The highest BCUT2D eigenvalue weighted by atomic mass is 33.1. The lowest BCUT2D eigenvalue weighted by Crippen LogP contribution is -1.96. The summed E-state index contributed by atoms with van der Waals surface area (Å²) in [7, 11) is 1.30. The molecule has 0 saturated heterocycles. The predicted octanol–water partition coefficient (Wildman–Crippen LogP) is 1.13. The molecule has 9 heavy (non-hydrogen) atoms. The van der Waals surface area contributed by atoms with Gasteiger partial charge in [-0.25, -0.2) is 4.79 Å². The Bertz CT molecular complexity index is 109. The van der Waals surface area contributed by atoms with Crippen LogP contribution >= 0.6 is 21.6 Å². The minimum Gasteiger partial charge on any atom is -0.481 e. The topological polar surface area (TPSA) is 74.6 Å². The fraction of sp³-hybridized carbons (Fsp3) is 0.333. The molecular formula is C3H4O4S2. The number of carbonyl (C=O) groups is 2. The summed E-state index contributed by atoms with van der Waals surface area (Å²) in [5.74, 6) is -1.19. The van der Waals surface area contributed by atoms with Crippen LogP contribution in [0.1, 0.15) is 0 Å². The Morgan fingerprint density at radius 3 is 2.22 bits per heavy atom. The minimum atomic E-state index is -1.07. The van der Waals surface area contributed by atoms with Crippen LogP contribution < -0.4 is 0 Å². The molecule has 0 radical (unpaired) electrons. The lowest BCUT2D eigenvalue weighted by molar-refractivity contribution is -0.133. The molecule has 0 aromatic carbocycles. The van der Waals surface area contributed by atoms with E-state index < -0.39 is 11.3 Å². The van der Waals surface area contributed by atoms with Gasteiger partial charge in [0, 0.05) is 10.8 Å². The van der Waals surface area contributed by atoms with Gasteiger partial charge in [-0.1, -0.05) is 10.8 Å². The summed E-state index contributed by atoms with van der Waals surface area (Å²) < 4.78 is 0. The molecule has 0 aliphatic rings. The van der Waals surface area contributed by atoms with Gasteiger partial charge in [-0.05, 0) is 0 Å². The van der Waals surface area contributed by atoms with Gasteiger partial charge in [0.25, 0.3) is 0 Å². The zero-order valence-corrected chi connectivity index (χ0v) is 5.87. The third-order valence-corrected chi connectivity index (χ3v) is 2.07. The van der Waals surface area contributed by atoms with E-state index in [0.29, 0.717) is 10.8 Å². The minimum absolute atomic E-state index is 0.184. The van der Waals surface area contributed by atoms with Crippen LogP contribution in [0, 0.1) is 0 Å². The van der Waals surface area contributed by atoms with Gasteiger partial charge in [0.2, 0.25) is 0 Å². The quantitative estimate of drug-likeness (QED) is 0.615. The van der Waals surface area contributed by atoms with Crippen molar-refractivity contribution in [3.63, 3.8) is 0 Å². The van der Waals surface area contributed by atoms with E-state index in [0.717, 1.165) is 10.8 Å². The van der Waals surface area contributed by atoms with Gasteiger partial charge in [0.15, 0.2) is 0 Å². The van der Waals surface area contributed by atoms with E-state index in [4.69, 9.17) is 10.2 Å². The van der Waals surface area contributed by atoms with Gasteiger partial charge >= 0.3 is 11.3 Å². The van der Waals surface area contributed by atoms with Gasteiger partial charge in [-0.3, -0.25) is 4.79 Å². The molecule has 0 amide bonds. The van der Waals surface area contributed by atoms with E-state index in [1.807, 2.05) is 0 Å².